The van der Waals surface area contributed by atoms with Crippen molar-refractivity contribution in [2.75, 3.05) is 13.2 Å². The molecule has 5 nitrogen and oxygen atoms in total. The molecule has 0 aromatic rings. The summed E-state index contributed by atoms with van der Waals surface area (Å²) in [5.74, 6) is 0. The maximum Gasteiger partial charge on any atom is 0.477 e. The maximum absolute atomic E-state index is 11.6. The van der Waals surface area contributed by atoms with E-state index in [0.717, 1.165) is 0 Å². The lowest BCUT2D eigenvalue weighted by Crippen LogP contribution is -2.11. The summed E-state index contributed by atoms with van der Waals surface area (Å²) in [4.78, 5) is 0. The van der Waals surface area contributed by atoms with Crippen molar-refractivity contribution in [3.8, 4) is 0 Å². The van der Waals surface area contributed by atoms with Crippen LogP contribution in [0.2, 0.25) is 0 Å². The molecule has 0 aromatic carbocycles. The van der Waals surface area contributed by atoms with E-state index in [1.54, 1.807) is 20.8 Å². The molecule has 0 rings (SSSR count). The van der Waals surface area contributed by atoms with E-state index in [1.807, 2.05) is 0 Å². The highest BCUT2D eigenvalue weighted by atomic mass is 31.2. The smallest absolute Gasteiger partial charge is 0.367 e. The third kappa shape index (κ3) is 5.39. The minimum Gasteiger partial charge on any atom is -0.367 e. The van der Waals surface area contributed by atoms with Crippen molar-refractivity contribution in [2.24, 2.45) is 0 Å². The second-order valence-corrected chi connectivity index (χ2v) is 3.87. The van der Waals surface area contributed by atoms with Crippen molar-refractivity contribution in [1.29, 1.82) is 0 Å². The Morgan fingerprint density at radius 2 is 1.69 bits per heavy atom. The third-order valence-corrected chi connectivity index (χ3v) is 2.82. The summed E-state index contributed by atoms with van der Waals surface area (Å²) >= 11 is 0. The van der Waals surface area contributed by atoms with Gasteiger partial charge in [0.05, 0.1) is 13.2 Å². The standard InChI is InChI=1S/C7H17O5P/c1-4-7(8)12-13(9,10-5-2)11-6-3/h7-8H,4-6H2,1-3H3. The van der Waals surface area contributed by atoms with Crippen LogP contribution in [0.3, 0.4) is 0 Å². The fraction of sp³-hybridized carbons (Fsp3) is 1.00. The summed E-state index contributed by atoms with van der Waals surface area (Å²) in [6, 6.07) is 0. The summed E-state index contributed by atoms with van der Waals surface area (Å²) < 4.78 is 25.9. The highest BCUT2D eigenvalue weighted by Gasteiger charge is 2.28. The largest absolute Gasteiger partial charge is 0.477 e. The van der Waals surface area contributed by atoms with E-state index in [0.29, 0.717) is 6.42 Å². The van der Waals surface area contributed by atoms with Crippen LogP contribution >= 0.6 is 7.82 Å². The molecule has 1 atom stereocenters. The Bertz CT molecular complexity index is 162. The van der Waals surface area contributed by atoms with E-state index >= 15 is 0 Å². The number of hydrogen-bond acceptors (Lipinski definition) is 5. The van der Waals surface area contributed by atoms with Crippen molar-refractivity contribution >= 4 is 7.82 Å². The van der Waals surface area contributed by atoms with Crippen LogP contribution in [0.4, 0.5) is 0 Å². The van der Waals surface area contributed by atoms with Gasteiger partial charge in [0.1, 0.15) is 0 Å². The zero-order valence-corrected chi connectivity index (χ0v) is 9.12. The average molecular weight is 212 g/mol. The Kier molecular flexibility index (Phi) is 6.55. The van der Waals surface area contributed by atoms with Crippen LogP contribution in [-0.4, -0.2) is 24.6 Å². The zero-order valence-electron chi connectivity index (χ0n) is 8.23. The lowest BCUT2D eigenvalue weighted by atomic mass is 10.5. The van der Waals surface area contributed by atoms with Crippen molar-refractivity contribution in [1.82, 2.24) is 0 Å². The molecule has 0 bridgehead atoms. The lowest BCUT2D eigenvalue weighted by Gasteiger charge is -2.18. The van der Waals surface area contributed by atoms with E-state index < -0.39 is 14.1 Å². The SMILES string of the molecule is CCOP(=O)(OCC)OC(O)CC. The van der Waals surface area contributed by atoms with Crippen molar-refractivity contribution < 1.29 is 23.2 Å². The second kappa shape index (κ2) is 6.51. The maximum atomic E-state index is 11.6. The van der Waals surface area contributed by atoms with E-state index in [4.69, 9.17) is 18.7 Å². The van der Waals surface area contributed by atoms with E-state index in [-0.39, 0.29) is 13.2 Å². The number of phosphoric ester groups is 1. The van der Waals surface area contributed by atoms with Gasteiger partial charge in [-0.2, -0.15) is 0 Å². The molecule has 0 aliphatic rings. The Balaban J connectivity index is 4.14. The molecule has 0 spiro atoms. The lowest BCUT2D eigenvalue weighted by molar-refractivity contribution is -0.0486. The first-order chi connectivity index (χ1) is 6.08. The van der Waals surface area contributed by atoms with Crippen LogP contribution in [-0.2, 0) is 18.1 Å². The number of phosphoric acid groups is 1. The Labute approximate surface area is 78.6 Å². The quantitative estimate of drug-likeness (QED) is 0.515. The summed E-state index contributed by atoms with van der Waals surface area (Å²) in [5, 5.41) is 9.09. The van der Waals surface area contributed by atoms with Crippen molar-refractivity contribution in [2.45, 2.75) is 33.5 Å². The summed E-state index contributed by atoms with van der Waals surface area (Å²) in [5.41, 5.74) is 0. The fourth-order valence-corrected chi connectivity index (χ4v) is 1.91. The van der Waals surface area contributed by atoms with Gasteiger partial charge in [-0.3, -0.25) is 13.6 Å². The predicted octanol–water partition coefficient (Wildman–Crippen LogP) is 1.91. The first kappa shape index (κ1) is 13.1. The third-order valence-electron chi connectivity index (χ3n) is 1.17. The van der Waals surface area contributed by atoms with Crippen LogP contribution in [0.5, 0.6) is 0 Å². The van der Waals surface area contributed by atoms with Gasteiger partial charge in [-0.1, -0.05) is 6.92 Å². The molecule has 0 saturated carbocycles. The van der Waals surface area contributed by atoms with Crippen LogP contribution in [0, 0.1) is 0 Å². The molecule has 1 N–H and O–H groups in total. The van der Waals surface area contributed by atoms with Gasteiger partial charge in [-0.05, 0) is 20.3 Å². The number of aliphatic hydroxyl groups is 1. The van der Waals surface area contributed by atoms with E-state index in [1.165, 1.54) is 0 Å². The zero-order chi connectivity index (χ0) is 10.3. The Hall–Kier alpha value is 0.0700. The van der Waals surface area contributed by atoms with Crippen LogP contribution in [0.15, 0.2) is 0 Å². The summed E-state index contributed by atoms with van der Waals surface area (Å²) in [6.45, 7) is 5.48. The van der Waals surface area contributed by atoms with Gasteiger partial charge >= 0.3 is 7.82 Å². The molecule has 0 aliphatic carbocycles. The molecule has 1 unspecified atom stereocenters. The highest BCUT2D eigenvalue weighted by Crippen LogP contribution is 2.50. The molecular weight excluding hydrogens is 195 g/mol. The van der Waals surface area contributed by atoms with Crippen molar-refractivity contribution in [3.63, 3.8) is 0 Å². The second-order valence-electron chi connectivity index (χ2n) is 2.25. The minimum atomic E-state index is -3.54. The van der Waals surface area contributed by atoms with Gasteiger partial charge in [-0.15, -0.1) is 0 Å². The van der Waals surface area contributed by atoms with Gasteiger partial charge < -0.3 is 5.11 Å². The van der Waals surface area contributed by atoms with Gasteiger partial charge in [0, 0.05) is 0 Å². The van der Waals surface area contributed by atoms with Gasteiger partial charge in [0.2, 0.25) is 0 Å². The van der Waals surface area contributed by atoms with Crippen LogP contribution in [0.1, 0.15) is 27.2 Å². The first-order valence-corrected chi connectivity index (χ1v) is 5.79. The Morgan fingerprint density at radius 3 is 2.00 bits per heavy atom. The van der Waals surface area contributed by atoms with Gasteiger partial charge in [-0.25, -0.2) is 4.57 Å². The molecule has 0 fully saturated rings. The van der Waals surface area contributed by atoms with E-state index in [9.17, 15) is 4.57 Å². The molecule has 0 aromatic heterocycles. The fourth-order valence-electron chi connectivity index (χ4n) is 0.638. The van der Waals surface area contributed by atoms with Gasteiger partial charge in [0.25, 0.3) is 0 Å². The number of aliphatic hydroxyl groups excluding tert-OH is 1. The molecular formula is C7H17O5P. The highest BCUT2D eigenvalue weighted by molar-refractivity contribution is 7.48. The molecule has 0 saturated heterocycles. The molecule has 0 heterocycles. The number of rotatable bonds is 7. The molecule has 0 aliphatic heterocycles. The molecule has 0 amide bonds. The molecule has 13 heavy (non-hydrogen) atoms. The van der Waals surface area contributed by atoms with Crippen LogP contribution in [0.25, 0.3) is 0 Å². The van der Waals surface area contributed by atoms with E-state index in [2.05, 4.69) is 0 Å². The Morgan fingerprint density at radius 1 is 1.23 bits per heavy atom. The summed E-state index contributed by atoms with van der Waals surface area (Å²) in [7, 11) is -3.54. The average Bonchev–Trinajstić information content (AvgIpc) is 2.04. The van der Waals surface area contributed by atoms with Gasteiger partial charge in [0.15, 0.2) is 6.29 Å². The number of hydrogen-bond donors (Lipinski definition) is 1. The minimum absolute atomic E-state index is 0.216. The topological polar surface area (TPSA) is 65.0 Å². The normalized spacial score (nSPS) is 14.5. The monoisotopic (exact) mass is 212 g/mol. The predicted molar refractivity (Wildman–Crippen MR) is 48.2 cm³/mol. The first-order valence-electron chi connectivity index (χ1n) is 4.33. The molecule has 80 valence electrons. The summed E-state index contributed by atoms with van der Waals surface area (Å²) in [6.07, 6.45) is -0.770. The molecule has 0 radical (unpaired) electrons. The van der Waals surface area contributed by atoms with Crippen molar-refractivity contribution in [3.05, 3.63) is 0 Å². The molecule has 6 heteroatoms. The van der Waals surface area contributed by atoms with Crippen LogP contribution < -0.4 is 0 Å².